The van der Waals surface area contributed by atoms with Crippen LogP contribution in [0.1, 0.15) is 84.8 Å². The number of hydrogen-bond acceptors (Lipinski definition) is 2. The van der Waals surface area contributed by atoms with Crippen molar-refractivity contribution in [2.24, 2.45) is 20.8 Å². The van der Waals surface area contributed by atoms with E-state index in [2.05, 4.69) is 75.8 Å². The summed E-state index contributed by atoms with van der Waals surface area (Å²) in [5, 5.41) is 0. The average Bonchev–Trinajstić information content (AvgIpc) is 2.49. The zero-order valence-corrected chi connectivity index (χ0v) is 17.3. The maximum Gasteiger partial charge on any atom is 0.0389 e. The topological polar surface area (TPSA) is 24.7 Å². The predicted molar refractivity (Wildman–Crippen MR) is 113 cm³/mol. The number of rotatable bonds is 9. The Morgan fingerprint density at radius 2 is 1.04 bits per heavy atom. The second-order valence-electron chi connectivity index (χ2n) is 9.42. The molecule has 0 unspecified atom stereocenters. The Hall–Kier alpha value is -1.44. The number of benzene rings is 1. The quantitative estimate of drug-likeness (QED) is 0.358. The Morgan fingerprint density at radius 1 is 0.640 bits per heavy atom. The predicted octanol–water partition coefficient (Wildman–Crippen LogP) is 6.57. The Kier molecular flexibility index (Phi) is 9.10. The van der Waals surface area contributed by atoms with E-state index in [0.717, 1.165) is 25.1 Å². The van der Waals surface area contributed by atoms with Gasteiger partial charge < -0.3 is 0 Å². The van der Waals surface area contributed by atoms with E-state index in [1.807, 2.05) is 12.4 Å². The standard InChI is InChI=1S/C23H38N2/c1-22(2,3)14-7-8-16-24-18-20-10-12-21(13-11-20)19-25-17-9-15-23(4,5)6/h10-13,18-19H,7-9,14-17H2,1-6H3. The molecule has 2 heteroatoms. The molecule has 0 aliphatic rings. The fourth-order valence-electron chi connectivity index (χ4n) is 2.57. The summed E-state index contributed by atoms with van der Waals surface area (Å²) in [5.41, 5.74) is 3.18. The largest absolute Gasteiger partial charge is 0.293 e. The van der Waals surface area contributed by atoms with Crippen LogP contribution < -0.4 is 0 Å². The van der Waals surface area contributed by atoms with Gasteiger partial charge in [0, 0.05) is 25.5 Å². The average molecular weight is 343 g/mol. The van der Waals surface area contributed by atoms with Gasteiger partial charge in [0.2, 0.25) is 0 Å². The van der Waals surface area contributed by atoms with Crippen molar-refractivity contribution in [1.29, 1.82) is 0 Å². The van der Waals surface area contributed by atoms with E-state index in [0.29, 0.717) is 10.8 Å². The highest BCUT2D eigenvalue weighted by Gasteiger charge is 2.08. The molecule has 0 aliphatic heterocycles. The molecule has 0 saturated heterocycles. The van der Waals surface area contributed by atoms with E-state index in [4.69, 9.17) is 0 Å². The van der Waals surface area contributed by atoms with Crippen LogP contribution in [0, 0.1) is 10.8 Å². The lowest BCUT2D eigenvalue weighted by atomic mass is 9.90. The summed E-state index contributed by atoms with van der Waals surface area (Å²) in [7, 11) is 0. The lowest BCUT2D eigenvalue weighted by molar-refractivity contribution is 0.361. The van der Waals surface area contributed by atoms with Gasteiger partial charge in [-0.15, -0.1) is 0 Å². The van der Waals surface area contributed by atoms with Crippen molar-refractivity contribution in [3.05, 3.63) is 35.4 Å². The minimum atomic E-state index is 0.406. The van der Waals surface area contributed by atoms with Gasteiger partial charge >= 0.3 is 0 Å². The molecule has 0 spiro atoms. The SMILES string of the molecule is CC(C)(C)CCCCN=Cc1ccc(C=NCCCC(C)(C)C)cc1. The van der Waals surface area contributed by atoms with E-state index >= 15 is 0 Å². The molecule has 0 radical (unpaired) electrons. The first-order valence-electron chi connectivity index (χ1n) is 9.75. The number of nitrogens with zero attached hydrogens (tertiary/aromatic N) is 2. The zero-order valence-electron chi connectivity index (χ0n) is 17.3. The van der Waals surface area contributed by atoms with Gasteiger partial charge in [-0.05, 0) is 47.6 Å². The molecule has 0 amide bonds. The van der Waals surface area contributed by atoms with Crippen LogP contribution in [0.15, 0.2) is 34.3 Å². The summed E-state index contributed by atoms with van der Waals surface area (Å²) in [4.78, 5) is 9.07. The summed E-state index contributed by atoms with van der Waals surface area (Å²) < 4.78 is 0. The first-order chi connectivity index (χ1) is 11.7. The second kappa shape index (κ2) is 10.5. The number of hydrogen-bond donors (Lipinski definition) is 0. The minimum Gasteiger partial charge on any atom is -0.293 e. The van der Waals surface area contributed by atoms with Crippen LogP contribution in [-0.4, -0.2) is 25.5 Å². The molecule has 0 heterocycles. The van der Waals surface area contributed by atoms with Gasteiger partial charge in [0.05, 0.1) is 0 Å². The van der Waals surface area contributed by atoms with E-state index in [9.17, 15) is 0 Å². The first kappa shape index (κ1) is 21.6. The number of unbranched alkanes of at least 4 members (excludes halogenated alkanes) is 1. The molecule has 140 valence electrons. The summed E-state index contributed by atoms with van der Waals surface area (Å²) in [6, 6.07) is 8.48. The van der Waals surface area contributed by atoms with Crippen molar-refractivity contribution in [2.45, 2.75) is 73.6 Å². The highest BCUT2D eigenvalue weighted by Crippen LogP contribution is 2.21. The lowest BCUT2D eigenvalue weighted by Gasteiger charge is -2.16. The smallest absolute Gasteiger partial charge is 0.0389 e. The van der Waals surface area contributed by atoms with Crippen LogP contribution in [0.25, 0.3) is 0 Å². The van der Waals surface area contributed by atoms with E-state index in [1.54, 1.807) is 0 Å². The lowest BCUT2D eigenvalue weighted by Crippen LogP contribution is -2.04. The summed E-state index contributed by atoms with van der Waals surface area (Å²) >= 11 is 0. The third-order valence-corrected chi connectivity index (χ3v) is 4.10. The van der Waals surface area contributed by atoms with Crippen LogP contribution in [0.3, 0.4) is 0 Å². The fraction of sp³-hybridized carbons (Fsp3) is 0.652. The van der Waals surface area contributed by atoms with Gasteiger partial charge in [-0.1, -0.05) is 72.2 Å². The first-order valence-corrected chi connectivity index (χ1v) is 9.75. The molecule has 0 bridgehead atoms. The molecule has 25 heavy (non-hydrogen) atoms. The molecule has 2 nitrogen and oxygen atoms in total. The van der Waals surface area contributed by atoms with Crippen molar-refractivity contribution < 1.29 is 0 Å². The van der Waals surface area contributed by atoms with Gasteiger partial charge in [0.25, 0.3) is 0 Å². The van der Waals surface area contributed by atoms with Gasteiger partial charge in [-0.25, -0.2) is 0 Å². The van der Waals surface area contributed by atoms with E-state index in [-0.39, 0.29) is 0 Å². The Labute approximate surface area is 155 Å². The van der Waals surface area contributed by atoms with Crippen molar-refractivity contribution >= 4 is 12.4 Å². The van der Waals surface area contributed by atoms with Gasteiger partial charge in [-0.3, -0.25) is 9.98 Å². The van der Waals surface area contributed by atoms with Gasteiger partial charge in [0.1, 0.15) is 0 Å². The molecule has 1 aromatic rings. The van der Waals surface area contributed by atoms with Gasteiger partial charge in [0.15, 0.2) is 0 Å². The minimum absolute atomic E-state index is 0.406. The highest BCUT2D eigenvalue weighted by atomic mass is 14.7. The van der Waals surface area contributed by atoms with Crippen LogP contribution >= 0.6 is 0 Å². The third kappa shape index (κ3) is 12.6. The number of aliphatic imine (C=N–C) groups is 2. The molecule has 0 N–H and O–H groups in total. The fourth-order valence-corrected chi connectivity index (χ4v) is 2.57. The highest BCUT2D eigenvalue weighted by molar-refractivity contribution is 5.84. The van der Waals surface area contributed by atoms with Crippen molar-refractivity contribution in [1.82, 2.24) is 0 Å². The van der Waals surface area contributed by atoms with Crippen LogP contribution in [-0.2, 0) is 0 Å². The Balaban J connectivity index is 2.28. The van der Waals surface area contributed by atoms with E-state index in [1.165, 1.54) is 31.2 Å². The normalized spacial score (nSPS) is 13.2. The van der Waals surface area contributed by atoms with Crippen LogP contribution in [0.5, 0.6) is 0 Å². The molecule has 0 saturated carbocycles. The molecule has 1 aromatic carbocycles. The molecule has 0 aromatic heterocycles. The molecule has 0 fully saturated rings. The molecule has 0 aliphatic carbocycles. The summed E-state index contributed by atoms with van der Waals surface area (Å²) in [6.07, 6.45) is 10.0. The zero-order chi connectivity index (χ0) is 18.8. The second-order valence-corrected chi connectivity index (χ2v) is 9.42. The molecule has 0 atom stereocenters. The molecule has 1 rings (SSSR count). The summed E-state index contributed by atoms with van der Waals surface area (Å²) in [6.45, 7) is 15.6. The Bertz CT molecular complexity index is 525. The van der Waals surface area contributed by atoms with Crippen LogP contribution in [0.4, 0.5) is 0 Å². The van der Waals surface area contributed by atoms with E-state index < -0.39 is 0 Å². The Morgan fingerprint density at radius 3 is 1.48 bits per heavy atom. The van der Waals surface area contributed by atoms with Crippen molar-refractivity contribution in [3.8, 4) is 0 Å². The third-order valence-electron chi connectivity index (χ3n) is 4.10. The van der Waals surface area contributed by atoms with Crippen molar-refractivity contribution in [2.75, 3.05) is 13.1 Å². The van der Waals surface area contributed by atoms with Crippen LogP contribution in [0.2, 0.25) is 0 Å². The maximum atomic E-state index is 4.54. The van der Waals surface area contributed by atoms with Crippen molar-refractivity contribution in [3.63, 3.8) is 0 Å². The van der Waals surface area contributed by atoms with Gasteiger partial charge in [-0.2, -0.15) is 0 Å². The monoisotopic (exact) mass is 342 g/mol. The molecular formula is C23H38N2. The molecular weight excluding hydrogens is 304 g/mol. The maximum absolute atomic E-state index is 4.54. The summed E-state index contributed by atoms with van der Waals surface area (Å²) in [5.74, 6) is 0.